The molecule has 0 bridgehead atoms. The van der Waals surface area contributed by atoms with E-state index in [0.29, 0.717) is 16.3 Å². The summed E-state index contributed by atoms with van der Waals surface area (Å²) >= 11 is 5.80. The fraction of sp³-hybridized carbons (Fsp3) is 0.118. The fourth-order valence-corrected chi connectivity index (χ4v) is 3.67. The maximum atomic E-state index is 12.2. The summed E-state index contributed by atoms with van der Waals surface area (Å²) in [6.07, 6.45) is -0.0786. The van der Waals surface area contributed by atoms with Gasteiger partial charge in [0.05, 0.1) is 4.90 Å². The summed E-state index contributed by atoms with van der Waals surface area (Å²) in [5.74, 6) is -0.841. The van der Waals surface area contributed by atoms with Crippen molar-refractivity contribution in [1.82, 2.24) is 14.9 Å². The summed E-state index contributed by atoms with van der Waals surface area (Å²) in [6.45, 7) is -0.0863. The van der Waals surface area contributed by atoms with Gasteiger partial charge >= 0.3 is 5.76 Å². The van der Waals surface area contributed by atoms with E-state index in [-0.39, 0.29) is 29.6 Å². The van der Waals surface area contributed by atoms with Gasteiger partial charge < -0.3 is 5.32 Å². The lowest BCUT2D eigenvalue weighted by atomic mass is 10.2. The number of sulfonamides is 1. The number of carbonyl (C=O) groups excluding carboxylic acids is 1. The number of nitrogens with one attached hydrogen (secondary N) is 3. The van der Waals surface area contributed by atoms with Gasteiger partial charge in [0.15, 0.2) is 5.82 Å². The van der Waals surface area contributed by atoms with Gasteiger partial charge in [-0.2, -0.15) is 0 Å². The molecule has 0 aliphatic heterocycles. The average Bonchev–Trinajstić information content (AvgIpc) is 3.08. The Hall–Kier alpha value is -2.95. The molecule has 0 saturated carbocycles. The van der Waals surface area contributed by atoms with Gasteiger partial charge in [-0.3, -0.25) is 14.3 Å². The van der Waals surface area contributed by atoms with Crippen LogP contribution in [-0.2, 0) is 14.8 Å². The molecule has 3 N–H and O–H groups in total. The van der Waals surface area contributed by atoms with Crippen LogP contribution in [0.4, 0.5) is 5.69 Å². The fourth-order valence-electron chi connectivity index (χ4n) is 2.34. The smallest absolute Gasteiger partial charge is 0.326 e. The molecule has 28 heavy (non-hydrogen) atoms. The third kappa shape index (κ3) is 5.06. The molecule has 1 heterocycles. The van der Waals surface area contributed by atoms with Gasteiger partial charge in [-0.05, 0) is 30.3 Å². The molecular formula is C17H15ClN4O5S. The van der Waals surface area contributed by atoms with Crippen molar-refractivity contribution in [2.75, 3.05) is 11.9 Å². The minimum atomic E-state index is -3.76. The van der Waals surface area contributed by atoms with Gasteiger partial charge in [0, 0.05) is 29.2 Å². The van der Waals surface area contributed by atoms with Gasteiger partial charge in [0.25, 0.3) is 0 Å². The molecule has 11 heteroatoms. The Balaban J connectivity index is 1.57. The van der Waals surface area contributed by atoms with Crippen LogP contribution in [0, 0.1) is 0 Å². The highest BCUT2D eigenvalue weighted by atomic mass is 35.5. The number of benzene rings is 2. The van der Waals surface area contributed by atoms with Crippen LogP contribution in [-0.4, -0.2) is 31.0 Å². The molecule has 0 unspecified atom stereocenters. The molecule has 146 valence electrons. The molecule has 0 saturated heterocycles. The first-order chi connectivity index (χ1) is 13.3. The minimum absolute atomic E-state index is 0.0229. The Bertz CT molecular complexity index is 1160. The normalized spacial score (nSPS) is 11.3. The molecular weight excluding hydrogens is 408 g/mol. The summed E-state index contributed by atoms with van der Waals surface area (Å²) in [5.41, 5.74) is 1.01. The van der Waals surface area contributed by atoms with E-state index in [2.05, 4.69) is 24.7 Å². The number of anilines is 1. The van der Waals surface area contributed by atoms with Gasteiger partial charge in [-0.1, -0.05) is 35.0 Å². The molecule has 0 aliphatic rings. The predicted octanol–water partition coefficient (Wildman–Crippen LogP) is 1.99. The number of rotatable bonds is 7. The summed E-state index contributed by atoms with van der Waals surface area (Å²) in [5, 5.41) is 6.52. The Kier molecular flexibility index (Phi) is 5.93. The Morgan fingerprint density at radius 1 is 1.18 bits per heavy atom. The number of H-pyrrole nitrogens is 1. The Morgan fingerprint density at radius 2 is 1.96 bits per heavy atom. The standard InChI is InChI=1S/C17H15ClN4O5S/c18-12-4-2-6-14(10-12)28(25,26)19-8-7-15(23)20-13-5-1-3-11(9-13)16-21-17(24)27-22-16/h1-6,9-10,19H,7-8H2,(H,20,23)(H,21,22,24). The molecule has 0 fully saturated rings. The summed E-state index contributed by atoms with van der Waals surface area (Å²) < 4.78 is 31.2. The van der Waals surface area contributed by atoms with Crippen LogP contribution in [0.3, 0.4) is 0 Å². The average molecular weight is 423 g/mol. The van der Waals surface area contributed by atoms with Crippen molar-refractivity contribution in [3.63, 3.8) is 0 Å². The van der Waals surface area contributed by atoms with E-state index in [4.69, 9.17) is 11.6 Å². The minimum Gasteiger partial charge on any atom is -0.326 e. The van der Waals surface area contributed by atoms with Crippen LogP contribution in [0.15, 0.2) is 62.7 Å². The monoisotopic (exact) mass is 422 g/mol. The van der Waals surface area contributed by atoms with Gasteiger partial charge in [0.2, 0.25) is 15.9 Å². The van der Waals surface area contributed by atoms with E-state index in [9.17, 15) is 18.0 Å². The SMILES string of the molecule is O=C(CCNS(=O)(=O)c1cccc(Cl)c1)Nc1cccc(-c2noc(=O)[nH]2)c1. The zero-order chi connectivity index (χ0) is 20.1. The maximum Gasteiger partial charge on any atom is 0.439 e. The molecule has 1 amide bonds. The lowest BCUT2D eigenvalue weighted by Crippen LogP contribution is -2.27. The van der Waals surface area contributed by atoms with Gasteiger partial charge in [-0.25, -0.2) is 17.9 Å². The number of aromatic nitrogens is 2. The molecule has 0 radical (unpaired) electrons. The van der Waals surface area contributed by atoms with Crippen molar-refractivity contribution in [3.8, 4) is 11.4 Å². The number of hydrogen-bond acceptors (Lipinski definition) is 6. The topological polar surface area (TPSA) is 134 Å². The number of amides is 1. The third-order valence-electron chi connectivity index (χ3n) is 3.61. The molecule has 2 aromatic carbocycles. The van der Waals surface area contributed by atoms with Crippen molar-refractivity contribution in [1.29, 1.82) is 0 Å². The van der Waals surface area contributed by atoms with Crippen molar-refractivity contribution in [2.24, 2.45) is 0 Å². The molecule has 9 nitrogen and oxygen atoms in total. The highest BCUT2D eigenvalue weighted by Crippen LogP contribution is 2.19. The largest absolute Gasteiger partial charge is 0.439 e. The quantitative estimate of drug-likeness (QED) is 0.533. The summed E-state index contributed by atoms with van der Waals surface area (Å²) in [4.78, 5) is 25.5. The molecule has 0 spiro atoms. The maximum absolute atomic E-state index is 12.2. The second kappa shape index (κ2) is 8.38. The zero-order valence-corrected chi connectivity index (χ0v) is 15.9. The molecule has 0 atom stereocenters. The number of carbonyl (C=O) groups is 1. The van der Waals surface area contributed by atoms with Crippen LogP contribution < -0.4 is 15.8 Å². The van der Waals surface area contributed by atoms with Crippen LogP contribution in [0.25, 0.3) is 11.4 Å². The second-order valence-electron chi connectivity index (χ2n) is 5.68. The van der Waals surface area contributed by atoms with Crippen molar-refractivity contribution >= 4 is 33.2 Å². The van der Waals surface area contributed by atoms with Crippen LogP contribution in [0.1, 0.15) is 6.42 Å². The first-order valence-electron chi connectivity index (χ1n) is 8.05. The molecule has 3 aromatic rings. The van der Waals surface area contributed by atoms with Gasteiger partial charge in [-0.15, -0.1) is 0 Å². The van der Waals surface area contributed by atoms with Crippen LogP contribution >= 0.6 is 11.6 Å². The summed E-state index contributed by atoms with van der Waals surface area (Å²) in [7, 11) is -3.76. The van der Waals surface area contributed by atoms with Gasteiger partial charge in [0.1, 0.15) is 0 Å². The van der Waals surface area contributed by atoms with E-state index < -0.39 is 15.8 Å². The van der Waals surface area contributed by atoms with E-state index in [1.165, 1.54) is 18.2 Å². The van der Waals surface area contributed by atoms with E-state index in [0.717, 1.165) is 0 Å². The lowest BCUT2D eigenvalue weighted by Gasteiger charge is -2.08. The first-order valence-corrected chi connectivity index (χ1v) is 9.91. The van der Waals surface area contributed by atoms with Crippen molar-refractivity contribution in [2.45, 2.75) is 11.3 Å². The van der Waals surface area contributed by atoms with Crippen LogP contribution in [0.2, 0.25) is 5.02 Å². The zero-order valence-electron chi connectivity index (χ0n) is 14.3. The predicted molar refractivity (Wildman–Crippen MR) is 102 cm³/mol. The van der Waals surface area contributed by atoms with Crippen molar-refractivity contribution in [3.05, 3.63) is 64.1 Å². The number of nitrogens with zero attached hydrogens (tertiary/aromatic N) is 1. The van der Waals surface area contributed by atoms with E-state index in [1.807, 2.05) is 0 Å². The lowest BCUT2D eigenvalue weighted by molar-refractivity contribution is -0.116. The van der Waals surface area contributed by atoms with Crippen LogP contribution in [0.5, 0.6) is 0 Å². The van der Waals surface area contributed by atoms with E-state index >= 15 is 0 Å². The number of hydrogen-bond donors (Lipinski definition) is 3. The number of halogens is 1. The third-order valence-corrected chi connectivity index (χ3v) is 5.30. The number of aromatic amines is 1. The molecule has 0 aliphatic carbocycles. The first kappa shape index (κ1) is 19.8. The summed E-state index contributed by atoms with van der Waals surface area (Å²) in [6, 6.07) is 12.4. The molecule has 3 rings (SSSR count). The highest BCUT2D eigenvalue weighted by molar-refractivity contribution is 7.89. The molecule has 1 aromatic heterocycles. The second-order valence-corrected chi connectivity index (χ2v) is 7.88. The van der Waals surface area contributed by atoms with E-state index in [1.54, 1.807) is 30.3 Å². The Morgan fingerprint density at radius 3 is 2.68 bits per heavy atom. The Labute approximate surface area is 164 Å². The van der Waals surface area contributed by atoms with Crippen molar-refractivity contribution < 1.29 is 17.7 Å². The highest BCUT2D eigenvalue weighted by Gasteiger charge is 2.14.